The third-order valence-corrected chi connectivity index (χ3v) is 6.82. The molecule has 1 aliphatic rings. The van der Waals surface area contributed by atoms with Gasteiger partial charge in [-0.15, -0.1) is 0 Å². The number of benzene rings is 1. The van der Waals surface area contributed by atoms with Crippen molar-refractivity contribution in [3.8, 4) is 17.5 Å². The normalized spacial score (nSPS) is 21.3. The summed E-state index contributed by atoms with van der Waals surface area (Å²) in [6, 6.07) is 11.5. The lowest BCUT2D eigenvalue weighted by molar-refractivity contribution is 0.223. The number of hydrogen-bond acceptors (Lipinski definition) is 3. The predicted octanol–water partition coefficient (Wildman–Crippen LogP) is 7.62. The zero-order valence-corrected chi connectivity index (χ0v) is 18.9. The fourth-order valence-corrected chi connectivity index (χ4v) is 4.81. The van der Waals surface area contributed by atoms with E-state index >= 15 is 0 Å². The summed E-state index contributed by atoms with van der Waals surface area (Å²) in [5.74, 6) is 1.38. The number of nitriles is 1. The van der Waals surface area contributed by atoms with Gasteiger partial charge in [-0.25, -0.2) is 9.97 Å². The van der Waals surface area contributed by atoms with Crippen molar-refractivity contribution in [3.63, 3.8) is 0 Å². The van der Waals surface area contributed by atoms with Gasteiger partial charge in [0.05, 0.1) is 11.5 Å². The van der Waals surface area contributed by atoms with Gasteiger partial charge in [0.15, 0.2) is 5.82 Å². The van der Waals surface area contributed by atoms with Crippen LogP contribution in [-0.2, 0) is 6.42 Å². The molecule has 1 aromatic carbocycles. The van der Waals surface area contributed by atoms with E-state index in [4.69, 9.17) is 0 Å². The van der Waals surface area contributed by atoms with Gasteiger partial charge in [0.1, 0.15) is 0 Å². The number of unbranched alkanes of at least 4 members (excludes halogenated alkanes) is 4. The van der Waals surface area contributed by atoms with E-state index in [1.165, 1.54) is 43.2 Å². The lowest BCUT2D eigenvalue weighted by Gasteiger charge is -2.35. The van der Waals surface area contributed by atoms with E-state index in [2.05, 4.69) is 54.2 Å². The van der Waals surface area contributed by atoms with Crippen molar-refractivity contribution in [2.24, 2.45) is 5.41 Å². The molecule has 0 aliphatic heterocycles. The molecule has 1 aromatic heterocycles. The molecule has 30 heavy (non-hydrogen) atoms. The molecule has 0 radical (unpaired) electrons. The minimum Gasteiger partial charge on any atom is -0.236 e. The standard InChI is InChI=1S/C27H37N3/c1-3-5-6-7-8-16-27(21-28)17-14-24(15-18-27)23-10-12-25(13-11-23)26-29-19-22(9-4-2)20-30-26/h10-13,19-20,24H,3-9,14-18H2,1-2H3. The number of aromatic nitrogens is 2. The zero-order chi connectivity index (χ0) is 21.2. The predicted molar refractivity (Wildman–Crippen MR) is 124 cm³/mol. The minimum absolute atomic E-state index is 0.0727. The van der Waals surface area contributed by atoms with Gasteiger partial charge < -0.3 is 0 Å². The Morgan fingerprint density at radius 3 is 2.20 bits per heavy atom. The molecular weight excluding hydrogens is 366 g/mol. The Hall–Kier alpha value is -2.21. The maximum Gasteiger partial charge on any atom is 0.159 e. The molecule has 0 N–H and O–H groups in total. The highest BCUT2D eigenvalue weighted by Crippen LogP contribution is 2.45. The molecule has 1 heterocycles. The molecule has 0 saturated heterocycles. The summed E-state index contributed by atoms with van der Waals surface area (Å²) in [5, 5.41) is 9.85. The van der Waals surface area contributed by atoms with Gasteiger partial charge in [-0.1, -0.05) is 76.6 Å². The first-order valence-electron chi connectivity index (χ1n) is 12.0. The van der Waals surface area contributed by atoms with Crippen molar-refractivity contribution in [3.05, 3.63) is 47.8 Å². The number of rotatable bonds is 10. The van der Waals surface area contributed by atoms with Crippen LogP contribution in [0.3, 0.4) is 0 Å². The van der Waals surface area contributed by atoms with Crippen molar-refractivity contribution >= 4 is 0 Å². The molecule has 3 nitrogen and oxygen atoms in total. The largest absolute Gasteiger partial charge is 0.236 e. The lowest BCUT2D eigenvalue weighted by Crippen LogP contribution is -2.25. The molecular formula is C27H37N3. The van der Waals surface area contributed by atoms with Crippen molar-refractivity contribution in [2.75, 3.05) is 0 Å². The van der Waals surface area contributed by atoms with Crippen LogP contribution in [0.5, 0.6) is 0 Å². The van der Waals surface area contributed by atoms with E-state index in [1.807, 2.05) is 12.4 Å². The van der Waals surface area contributed by atoms with Crippen LogP contribution >= 0.6 is 0 Å². The number of aryl methyl sites for hydroxylation is 1. The van der Waals surface area contributed by atoms with E-state index < -0.39 is 0 Å². The average Bonchev–Trinajstić information content (AvgIpc) is 2.80. The van der Waals surface area contributed by atoms with Gasteiger partial charge in [0.25, 0.3) is 0 Å². The van der Waals surface area contributed by atoms with E-state index in [1.54, 1.807) is 0 Å². The second-order valence-electron chi connectivity index (χ2n) is 9.12. The van der Waals surface area contributed by atoms with Gasteiger partial charge in [0.2, 0.25) is 0 Å². The molecule has 3 rings (SSSR count). The molecule has 1 aliphatic carbocycles. The highest BCUT2D eigenvalue weighted by molar-refractivity contribution is 5.55. The zero-order valence-electron chi connectivity index (χ0n) is 18.9. The van der Waals surface area contributed by atoms with Crippen molar-refractivity contribution < 1.29 is 0 Å². The molecule has 0 atom stereocenters. The Labute approximate surface area is 183 Å². The molecule has 2 aromatic rings. The number of hydrogen-bond donors (Lipinski definition) is 0. The molecule has 0 bridgehead atoms. The third-order valence-electron chi connectivity index (χ3n) is 6.82. The molecule has 160 valence electrons. The molecule has 1 fully saturated rings. The van der Waals surface area contributed by atoms with Gasteiger partial charge in [0, 0.05) is 18.0 Å². The topological polar surface area (TPSA) is 49.6 Å². The SMILES string of the molecule is CCCCCCCC1(C#N)CCC(c2ccc(-c3ncc(CCC)cn3)cc2)CC1. The summed E-state index contributed by atoms with van der Waals surface area (Å²) in [7, 11) is 0. The van der Waals surface area contributed by atoms with Crippen molar-refractivity contribution in [1.82, 2.24) is 9.97 Å². The van der Waals surface area contributed by atoms with Crippen LogP contribution in [-0.4, -0.2) is 9.97 Å². The van der Waals surface area contributed by atoms with Crippen LogP contribution in [0.25, 0.3) is 11.4 Å². The van der Waals surface area contributed by atoms with Gasteiger partial charge in [-0.05, 0) is 55.6 Å². The molecule has 3 heteroatoms. The Morgan fingerprint density at radius 2 is 1.60 bits per heavy atom. The second kappa shape index (κ2) is 11.3. The first-order valence-corrected chi connectivity index (χ1v) is 12.0. The highest BCUT2D eigenvalue weighted by atomic mass is 14.9. The summed E-state index contributed by atoms with van der Waals surface area (Å²) in [4.78, 5) is 9.08. The summed E-state index contributed by atoms with van der Waals surface area (Å²) in [5.41, 5.74) is 3.61. The average molecular weight is 404 g/mol. The van der Waals surface area contributed by atoms with Crippen LogP contribution in [0.1, 0.15) is 102 Å². The molecule has 0 unspecified atom stereocenters. The highest BCUT2D eigenvalue weighted by Gasteiger charge is 2.35. The fraction of sp³-hybridized carbons (Fsp3) is 0.593. The summed E-state index contributed by atoms with van der Waals surface area (Å²) in [6.07, 6.45) is 17.9. The smallest absolute Gasteiger partial charge is 0.159 e. The summed E-state index contributed by atoms with van der Waals surface area (Å²) < 4.78 is 0. The monoisotopic (exact) mass is 403 g/mol. The maximum absolute atomic E-state index is 9.85. The second-order valence-corrected chi connectivity index (χ2v) is 9.12. The Bertz CT molecular complexity index is 793. The van der Waals surface area contributed by atoms with Crippen molar-refractivity contribution in [2.45, 2.75) is 96.8 Å². The van der Waals surface area contributed by atoms with Crippen LogP contribution in [0.4, 0.5) is 0 Å². The van der Waals surface area contributed by atoms with Crippen molar-refractivity contribution in [1.29, 1.82) is 5.26 Å². The van der Waals surface area contributed by atoms with Gasteiger partial charge >= 0.3 is 0 Å². The van der Waals surface area contributed by atoms with Gasteiger partial charge in [-0.3, -0.25) is 0 Å². The Kier molecular flexibility index (Phi) is 8.43. The maximum atomic E-state index is 9.85. The van der Waals surface area contributed by atoms with Crippen LogP contribution < -0.4 is 0 Å². The summed E-state index contributed by atoms with van der Waals surface area (Å²) in [6.45, 7) is 4.42. The minimum atomic E-state index is -0.0727. The van der Waals surface area contributed by atoms with Gasteiger partial charge in [-0.2, -0.15) is 5.26 Å². The first kappa shape index (κ1) is 22.5. The van der Waals surface area contributed by atoms with Crippen LogP contribution in [0.2, 0.25) is 0 Å². The quantitative estimate of drug-likeness (QED) is 0.383. The molecule has 0 spiro atoms. The van der Waals surface area contributed by atoms with E-state index in [9.17, 15) is 5.26 Å². The van der Waals surface area contributed by atoms with E-state index in [-0.39, 0.29) is 5.41 Å². The Morgan fingerprint density at radius 1 is 0.933 bits per heavy atom. The molecule has 1 saturated carbocycles. The first-order chi connectivity index (χ1) is 14.7. The van der Waals surface area contributed by atoms with E-state index in [0.717, 1.165) is 56.3 Å². The summed E-state index contributed by atoms with van der Waals surface area (Å²) >= 11 is 0. The third kappa shape index (κ3) is 5.91. The van der Waals surface area contributed by atoms with Crippen LogP contribution in [0, 0.1) is 16.7 Å². The lowest BCUT2D eigenvalue weighted by atomic mass is 9.67. The Balaban J connectivity index is 1.54. The van der Waals surface area contributed by atoms with Crippen LogP contribution in [0.15, 0.2) is 36.7 Å². The number of nitrogens with zero attached hydrogens (tertiary/aromatic N) is 3. The fourth-order valence-electron chi connectivity index (χ4n) is 4.81. The molecule has 0 amide bonds. The van der Waals surface area contributed by atoms with E-state index in [0.29, 0.717) is 5.92 Å².